The number of pyridine rings is 1. The van der Waals surface area contributed by atoms with E-state index in [1.165, 1.54) is 11.8 Å². The molecule has 1 unspecified atom stereocenters. The van der Waals surface area contributed by atoms with E-state index in [0.29, 0.717) is 39.2 Å². The number of rotatable bonds is 6. The predicted octanol–water partition coefficient (Wildman–Crippen LogP) is 5.10. The highest BCUT2D eigenvalue weighted by Gasteiger charge is 2.27. The van der Waals surface area contributed by atoms with Crippen LogP contribution in [0.3, 0.4) is 0 Å². The van der Waals surface area contributed by atoms with E-state index in [1.807, 2.05) is 19.9 Å². The first-order valence-corrected chi connectivity index (χ1v) is 13.1. The Hall–Kier alpha value is -2.13. The first-order valence-electron chi connectivity index (χ1n) is 10.4. The van der Waals surface area contributed by atoms with Crippen LogP contribution in [0.4, 0.5) is 5.69 Å². The average Bonchev–Trinajstić information content (AvgIpc) is 3.31. The normalized spacial score (nSPS) is 15.7. The average molecular weight is 490 g/mol. The number of hydrogen-bond acceptors (Lipinski definition) is 5. The summed E-state index contributed by atoms with van der Waals surface area (Å²) in [4.78, 5) is 17.5. The van der Waals surface area contributed by atoms with Crippen molar-refractivity contribution >= 4 is 55.9 Å². The Morgan fingerprint density at radius 3 is 2.50 bits per heavy atom. The summed E-state index contributed by atoms with van der Waals surface area (Å²) in [7, 11) is -3.48. The molecule has 3 aromatic rings. The van der Waals surface area contributed by atoms with Gasteiger partial charge in [-0.3, -0.25) is 4.79 Å². The number of fused-ring (bicyclic) bond motifs is 1. The lowest BCUT2D eigenvalue weighted by atomic mass is 10.1. The van der Waals surface area contributed by atoms with Crippen LogP contribution in [0.5, 0.6) is 0 Å². The molecule has 2 heterocycles. The van der Waals surface area contributed by atoms with E-state index >= 15 is 0 Å². The molecule has 1 saturated heterocycles. The largest absolute Gasteiger partial charge is 0.325 e. The predicted molar refractivity (Wildman–Crippen MR) is 130 cm³/mol. The lowest BCUT2D eigenvalue weighted by Crippen LogP contribution is -2.27. The smallest absolute Gasteiger partial charge is 0.243 e. The van der Waals surface area contributed by atoms with Crippen molar-refractivity contribution in [2.75, 3.05) is 18.4 Å². The summed E-state index contributed by atoms with van der Waals surface area (Å²) in [5.74, 6) is -0.135. The number of aryl methyl sites for hydroxylation is 1. The molecular weight excluding hydrogens is 466 g/mol. The molecule has 6 nitrogen and oxygen atoms in total. The van der Waals surface area contributed by atoms with E-state index in [2.05, 4.69) is 10.3 Å². The molecule has 0 saturated carbocycles. The Balaban J connectivity index is 1.52. The molecule has 168 valence electrons. The van der Waals surface area contributed by atoms with Gasteiger partial charge in [-0.25, -0.2) is 13.4 Å². The minimum absolute atomic E-state index is 0.135. The molecule has 1 aliphatic rings. The zero-order valence-corrected chi connectivity index (χ0v) is 20.2. The van der Waals surface area contributed by atoms with Crippen LogP contribution in [0.1, 0.15) is 25.3 Å². The van der Waals surface area contributed by atoms with E-state index in [-0.39, 0.29) is 11.2 Å². The van der Waals surface area contributed by atoms with Gasteiger partial charge in [-0.1, -0.05) is 23.4 Å². The molecule has 1 N–H and O–H groups in total. The topological polar surface area (TPSA) is 79.4 Å². The summed E-state index contributed by atoms with van der Waals surface area (Å²) in [6.07, 6.45) is 1.80. The summed E-state index contributed by atoms with van der Waals surface area (Å²) in [6.45, 7) is 4.90. The number of thioether (sulfide) groups is 1. The summed E-state index contributed by atoms with van der Waals surface area (Å²) in [5.41, 5.74) is 2.31. The van der Waals surface area contributed by atoms with E-state index in [0.717, 1.165) is 23.8 Å². The van der Waals surface area contributed by atoms with Crippen molar-refractivity contribution in [3.05, 3.63) is 59.1 Å². The second-order valence-electron chi connectivity index (χ2n) is 7.82. The van der Waals surface area contributed by atoms with Gasteiger partial charge in [0.2, 0.25) is 15.9 Å². The highest BCUT2D eigenvalue weighted by molar-refractivity contribution is 8.00. The molecule has 9 heteroatoms. The van der Waals surface area contributed by atoms with Gasteiger partial charge in [-0.2, -0.15) is 4.31 Å². The SMILES string of the molecule is Cc1cc(SC(C)C(=O)Nc2ccc(Cl)cc2)nc2ccc(S(=O)(=O)N3CCCC3)cc12. The van der Waals surface area contributed by atoms with Crippen molar-refractivity contribution in [3.8, 4) is 0 Å². The van der Waals surface area contributed by atoms with Gasteiger partial charge in [0, 0.05) is 29.2 Å². The quantitative estimate of drug-likeness (QED) is 0.487. The number of sulfonamides is 1. The van der Waals surface area contributed by atoms with E-state index in [9.17, 15) is 13.2 Å². The standard InChI is InChI=1S/C23H24ClN3O3S2/c1-15-13-22(31-16(2)23(28)25-18-7-5-17(24)6-8-18)26-21-10-9-19(14-20(15)21)32(29,30)27-11-3-4-12-27/h5-10,13-14,16H,3-4,11-12H2,1-2H3,(H,25,28). The fourth-order valence-corrected chi connectivity index (χ4v) is 6.25. The summed E-state index contributed by atoms with van der Waals surface area (Å²) in [5, 5.41) is 4.62. The second-order valence-corrected chi connectivity index (χ2v) is 11.6. The molecule has 1 fully saturated rings. The Morgan fingerprint density at radius 2 is 1.81 bits per heavy atom. The number of carbonyl (C=O) groups is 1. The molecule has 1 aromatic heterocycles. The number of anilines is 1. The number of nitrogens with one attached hydrogen (secondary N) is 1. The van der Waals surface area contributed by atoms with E-state index in [1.54, 1.807) is 46.8 Å². The molecule has 32 heavy (non-hydrogen) atoms. The summed E-state index contributed by atoms with van der Waals surface area (Å²) >= 11 is 7.24. The maximum absolute atomic E-state index is 12.9. The molecule has 2 aromatic carbocycles. The molecule has 0 radical (unpaired) electrons. The Bertz CT molecular complexity index is 1260. The van der Waals surface area contributed by atoms with Gasteiger partial charge in [-0.15, -0.1) is 0 Å². The third-order valence-electron chi connectivity index (χ3n) is 5.44. The third kappa shape index (κ3) is 4.93. The van der Waals surface area contributed by atoms with Crippen LogP contribution in [0, 0.1) is 6.92 Å². The Morgan fingerprint density at radius 1 is 1.12 bits per heavy atom. The van der Waals surface area contributed by atoms with Crippen molar-refractivity contribution in [2.24, 2.45) is 0 Å². The van der Waals surface area contributed by atoms with Crippen molar-refractivity contribution in [1.29, 1.82) is 0 Å². The lowest BCUT2D eigenvalue weighted by Gasteiger charge is -2.16. The number of nitrogens with zero attached hydrogens (tertiary/aromatic N) is 2. The monoisotopic (exact) mass is 489 g/mol. The molecule has 1 amide bonds. The van der Waals surface area contributed by atoms with Crippen molar-refractivity contribution in [3.63, 3.8) is 0 Å². The van der Waals surface area contributed by atoms with Crippen LogP contribution in [-0.2, 0) is 14.8 Å². The Labute approximate surface area is 197 Å². The third-order valence-corrected chi connectivity index (χ3v) is 8.61. The number of amides is 1. The molecule has 1 atom stereocenters. The van der Waals surface area contributed by atoms with Crippen LogP contribution in [0.25, 0.3) is 10.9 Å². The van der Waals surface area contributed by atoms with Crippen LogP contribution in [0.15, 0.2) is 58.5 Å². The second kappa shape index (κ2) is 9.39. The molecule has 0 aliphatic carbocycles. The van der Waals surface area contributed by atoms with Gasteiger partial charge in [-0.05, 0) is 80.8 Å². The summed E-state index contributed by atoms with van der Waals surface area (Å²) in [6, 6.07) is 13.9. The van der Waals surface area contributed by atoms with Gasteiger partial charge in [0.1, 0.15) is 0 Å². The lowest BCUT2D eigenvalue weighted by molar-refractivity contribution is -0.115. The highest BCUT2D eigenvalue weighted by Crippen LogP contribution is 2.30. The molecular formula is C23H24ClN3O3S2. The van der Waals surface area contributed by atoms with Gasteiger partial charge in [0.25, 0.3) is 0 Å². The molecule has 0 spiro atoms. The number of hydrogen-bond donors (Lipinski definition) is 1. The summed E-state index contributed by atoms with van der Waals surface area (Å²) < 4.78 is 27.3. The van der Waals surface area contributed by atoms with E-state index in [4.69, 9.17) is 11.6 Å². The van der Waals surface area contributed by atoms with Gasteiger partial charge in [0.05, 0.1) is 20.7 Å². The molecule has 1 aliphatic heterocycles. The fraction of sp³-hybridized carbons (Fsp3) is 0.304. The molecule has 4 rings (SSSR count). The van der Waals surface area contributed by atoms with Gasteiger partial charge in [0.15, 0.2) is 0 Å². The molecule has 0 bridgehead atoms. The van der Waals surface area contributed by atoms with E-state index < -0.39 is 10.0 Å². The number of benzene rings is 2. The van der Waals surface area contributed by atoms with Crippen LogP contribution in [-0.4, -0.2) is 42.0 Å². The maximum Gasteiger partial charge on any atom is 0.243 e. The van der Waals surface area contributed by atoms with Crippen LogP contribution < -0.4 is 5.32 Å². The first kappa shape index (κ1) is 23.0. The van der Waals surface area contributed by atoms with Crippen molar-refractivity contribution < 1.29 is 13.2 Å². The van der Waals surface area contributed by atoms with Crippen molar-refractivity contribution in [2.45, 2.75) is 41.9 Å². The minimum atomic E-state index is -3.48. The first-order chi connectivity index (χ1) is 15.2. The fourth-order valence-electron chi connectivity index (χ4n) is 3.65. The van der Waals surface area contributed by atoms with Gasteiger partial charge < -0.3 is 5.32 Å². The highest BCUT2D eigenvalue weighted by atomic mass is 35.5. The zero-order valence-electron chi connectivity index (χ0n) is 17.8. The zero-order chi connectivity index (χ0) is 22.9. The maximum atomic E-state index is 12.9. The Kier molecular flexibility index (Phi) is 6.76. The number of halogens is 1. The van der Waals surface area contributed by atoms with Crippen LogP contribution in [0.2, 0.25) is 5.02 Å². The van der Waals surface area contributed by atoms with Crippen LogP contribution >= 0.6 is 23.4 Å². The number of aromatic nitrogens is 1. The van der Waals surface area contributed by atoms with Gasteiger partial charge >= 0.3 is 0 Å². The minimum Gasteiger partial charge on any atom is -0.325 e. The van der Waals surface area contributed by atoms with Crippen molar-refractivity contribution in [1.82, 2.24) is 9.29 Å². The number of carbonyl (C=O) groups excluding carboxylic acids is 1.